The van der Waals surface area contributed by atoms with Gasteiger partial charge in [-0.15, -0.1) is 0 Å². The van der Waals surface area contributed by atoms with Crippen molar-refractivity contribution in [2.24, 2.45) is 0 Å². The van der Waals surface area contributed by atoms with Crippen molar-refractivity contribution in [3.05, 3.63) is 102 Å². The van der Waals surface area contributed by atoms with Crippen LogP contribution in [0, 0.1) is 0 Å². The Balaban J connectivity index is 1.37. The van der Waals surface area contributed by atoms with Crippen LogP contribution in [0.5, 0.6) is 0 Å². The second kappa shape index (κ2) is 14.8. The summed E-state index contributed by atoms with van der Waals surface area (Å²) in [6.07, 6.45) is 3.25. The lowest BCUT2D eigenvalue weighted by atomic mass is 9.79. The van der Waals surface area contributed by atoms with E-state index in [-0.39, 0.29) is 24.2 Å². The minimum absolute atomic E-state index is 0.159. The van der Waals surface area contributed by atoms with Crippen LogP contribution in [0.3, 0.4) is 0 Å². The maximum Gasteiger partial charge on any atom is 0.410 e. The first kappa shape index (κ1) is 31.7. The summed E-state index contributed by atoms with van der Waals surface area (Å²) in [5.74, 6) is 0. The number of sulfonamides is 1. The molecule has 1 amide bonds. The quantitative estimate of drug-likeness (QED) is 0.238. The Bertz CT molecular complexity index is 1350. The highest BCUT2D eigenvalue weighted by atomic mass is 32.2. The number of carbonyl (C=O) groups is 1. The van der Waals surface area contributed by atoms with Crippen molar-refractivity contribution >= 4 is 16.1 Å². The van der Waals surface area contributed by atoms with Crippen LogP contribution >= 0.6 is 0 Å². The summed E-state index contributed by atoms with van der Waals surface area (Å²) in [5, 5.41) is 0. The highest BCUT2D eigenvalue weighted by molar-refractivity contribution is 7.89. The first-order valence-corrected chi connectivity index (χ1v) is 16.4. The van der Waals surface area contributed by atoms with Crippen molar-refractivity contribution in [2.75, 3.05) is 39.8 Å². The van der Waals surface area contributed by atoms with Crippen LogP contribution in [-0.2, 0) is 26.8 Å². The van der Waals surface area contributed by atoms with Gasteiger partial charge in [0.25, 0.3) is 0 Å². The van der Waals surface area contributed by atoms with Gasteiger partial charge in [-0.1, -0.05) is 92.7 Å². The molecule has 1 aliphatic heterocycles. The predicted octanol–water partition coefficient (Wildman–Crippen LogP) is 6.17. The third-order valence-corrected chi connectivity index (χ3v) is 10.2. The van der Waals surface area contributed by atoms with E-state index in [0.717, 1.165) is 56.4 Å². The van der Waals surface area contributed by atoms with E-state index in [4.69, 9.17) is 4.74 Å². The Morgan fingerprint density at radius 3 is 2.10 bits per heavy atom. The molecule has 1 fully saturated rings. The molecule has 8 heteroatoms. The minimum Gasteiger partial charge on any atom is -0.445 e. The largest absolute Gasteiger partial charge is 0.445 e. The van der Waals surface area contributed by atoms with E-state index in [0.29, 0.717) is 18.0 Å². The van der Waals surface area contributed by atoms with E-state index in [1.165, 1.54) is 4.31 Å². The molecule has 0 spiro atoms. The van der Waals surface area contributed by atoms with Gasteiger partial charge >= 0.3 is 6.09 Å². The van der Waals surface area contributed by atoms with E-state index < -0.39 is 10.0 Å². The molecule has 4 rings (SSSR count). The summed E-state index contributed by atoms with van der Waals surface area (Å²) >= 11 is 0. The average Bonchev–Trinajstić information content (AvgIpc) is 3.03. The molecular weight excluding hydrogens is 546 g/mol. The van der Waals surface area contributed by atoms with Gasteiger partial charge in [-0.3, -0.25) is 0 Å². The first-order chi connectivity index (χ1) is 20.2. The molecule has 1 heterocycles. The normalized spacial score (nSPS) is 16.2. The number of hydrogen-bond donors (Lipinski definition) is 0. The Morgan fingerprint density at radius 2 is 1.50 bits per heavy atom. The molecule has 0 aromatic heterocycles. The van der Waals surface area contributed by atoms with Gasteiger partial charge in [-0.05, 0) is 55.5 Å². The number of carbonyl (C=O) groups excluding carboxylic acids is 1. The predicted molar refractivity (Wildman–Crippen MR) is 168 cm³/mol. The van der Waals surface area contributed by atoms with Crippen LogP contribution in [0.2, 0.25) is 0 Å². The van der Waals surface area contributed by atoms with Crippen molar-refractivity contribution in [2.45, 2.75) is 62.5 Å². The van der Waals surface area contributed by atoms with Crippen LogP contribution < -0.4 is 0 Å². The van der Waals surface area contributed by atoms with E-state index in [1.807, 2.05) is 59.5 Å². The SMILES string of the molecule is CCCN(C(=O)OCc1ccccc1)C1CCN(CC[C@](C)(CN(C)S(=O)(=O)c2ccccc2)c2ccccc2)CC1. The van der Waals surface area contributed by atoms with Crippen molar-refractivity contribution in [1.29, 1.82) is 0 Å². The van der Waals surface area contributed by atoms with E-state index in [2.05, 4.69) is 30.9 Å². The molecule has 42 heavy (non-hydrogen) atoms. The van der Waals surface area contributed by atoms with Crippen LogP contribution in [0.25, 0.3) is 0 Å². The second-order valence-electron chi connectivity index (χ2n) is 11.6. The zero-order chi connectivity index (χ0) is 30.0. The maximum absolute atomic E-state index is 13.4. The number of ether oxygens (including phenoxy) is 1. The van der Waals surface area contributed by atoms with E-state index in [1.54, 1.807) is 31.3 Å². The summed E-state index contributed by atoms with van der Waals surface area (Å²) in [4.78, 5) is 17.7. The Hall–Kier alpha value is -3.20. The molecule has 0 N–H and O–H groups in total. The van der Waals surface area contributed by atoms with Gasteiger partial charge in [0.05, 0.1) is 4.90 Å². The number of likely N-dealkylation sites (tertiary alicyclic amines) is 1. The van der Waals surface area contributed by atoms with Gasteiger partial charge in [0.1, 0.15) is 6.61 Å². The van der Waals surface area contributed by atoms with Gasteiger partial charge < -0.3 is 14.5 Å². The van der Waals surface area contributed by atoms with Gasteiger partial charge in [-0.25, -0.2) is 17.5 Å². The third kappa shape index (κ3) is 8.21. The number of rotatable bonds is 13. The topological polar surface area (TPSA) is 70.2 Å². The summed E-state index contributed by atoms with van der Waals surface area (Å²) < 4.78 is 33.9. The molecule has 0 radical (unpaired) electrons. The number of amides is 1. The smallest absolute Gasteiger partial charge is 0.410 e. The van der Waals surface area contributed by atoms with E-state index >= 15 is 0 Å². The van der Waals surface area contributed by atoms with Gasteiger partial charge in [-0.2, -0.15) is 0 Å². The number of likely N-dealkylation sites (N-methyl/N-ethyl adjacent to an activating group) is 1. The first-order valence-electron chi connectivity index (χ1n) is 15.0. The van der Waals surface area contributed by atoms with Gasteiger partial charge in [0, 0.05) is 44.7 Å². The number of benzene rings is 3. The highest BCUT2D eigenvalue weighted by Gasteiger charge is 2.34. The molecule has 7 nitrogen and oxygen atoms in total. The van der Waals surface area contributed by atoms with Crippen molar-refractivity contribution < 1.29 is 17.9 Å². The second-order valence-corrected chi connectivity index (χ2v) is 13.6. The molecule has 1 atom stereocenters. The number of nitrogens with zero attached hydrogens (tertiary/aromatic N) is 3. The van der Waals surface area contributed by atoms with Crippen LogP contribution in [0.15, 0.2) is 95.9 Å². The molecule has 1 aliphatic rings. The van der Waals surface area contributed by atoms with Crippen LogP contribution in [0.1, 0.15) is 50.7 Å². The summed E-state index contributed by atoms with van der Waals surface area (Å²) in [5.41, 5.74) is 1.75. The fourth-order valence-corrected chi connectivity index (χ4v) is 7.15. The lowest BCUT2D eigenvalue weighted by Gasteiger charge is -2.40. The molecule has 0 unspecified atom stereocenters. The average molecular weight is 592 g/mol. The third-order valence-electron chi connectivity index (χ3n) is 8.38. The Kier molecular flexibility index (Phi) is 11.2. The summed E-state index contributed by atoms with van der Waals surface area (Å²) in [6, 6.07) is 28.8. The molecule has 3 aromatic carbocycles. The summed E-state index contributed by atoms with van der Waals surface area (Å²) in [7, 11) is -1.93. The standard InChI is InChI=1S/C34H45N3O4S/c1-4-23-37(33(38)41-27-29-14-8-5-9-15-29)31-20-24-36(25-21-31)26-22-34(2,30-16-10-6-11-17-30)28-35(3)42(39,40)32-18-12-7-13-19-32/h5-19,31H,4,20-28H2,1-3H3/t34-/m1/s1. The Morgan fingerprint density at radius 1 is 0.929 bits per heavy atom. The van der Waals surface area contributed by atoms with Gasteiger partial charge in [0.15, 0.2) is 0 Å². The molecule has 0 saturated carbocycles. The molecule has 3 aromatic rings. The number of piperidine rings is 1. The van der Waals surface area contributed by atoms with E-state index in [9.17, 15) is 13.2 Å². The maximum atomic E-state index is 13.4. The van der Waals surface area contributed by atoms with Crippen LogP contribution in [0.4, 0.5) is 4.79 Å². The highest BCUT2D eigenvalue weighted by Crippen LogP contribution is 2.31. The fourth-order valence-electron chi connectivity index (χ4n) is 5.83. The lowest BCUT2D eigenvalue weighted by molar-refractivity contribution is 0.0594. The zero-order valence-corrected chi connectivity index (χ0v) is 26.0. The molecule has 226 valence electrons. The molecule has 1 saturated heterocycles. The number of hydrogen-bond acceptors (Lipinski definition) is 5. The molecule has 0 bridgehead atoms. The van der Waals surface area contributed by atoms with Crippen LogP contribution in [-0.4, -0.2) is 74.4 Å². The zero-order valence-electron chi connectivity index (χ0n) is 25.2. The molecular formula is C34H45N3O4S. The van der Waals surface area contributed by atoms with Crippen molar-refractivity contribution in [1.82, 2.24) is 14.1 Å². The molecule has 0 aliphatic carbocycles. The minimum atomic E-state index is -3.61. The Labute approximate surface area is 252 Å². The van der Waals surface area contributed by atoms with Gasteiger partial charge in [0.2, 0.25) is 10.0 Å². The van der Waals surface area contributed by atoms with Crippen molar-refractivity contribution in [3.8, 4) is 0 Å². The van der Waals surface area contributed by atoms with Crippen molar-refractivity contribution in [3.63, 3.8) is 0 Å². The monoisotopic (exact) mass is 591 g/mol. The summed E-state index contributed by atoms with van der Waals surface area (Å²) in [6.45, 7) is 8.23. The lowest BCUT2D eigenvalue weighted by Crippen LogP contribution is -2.49. The fraction of sp³-hybridized carbons (Fsp3) is 0.441.